The smallest absolute Gasteiger partial charge is 0.281 e. The molecule has 13 nitrogen and oxygen atoms in total. The summed E-state index contributed by atoms with van der Waals surface area (Å²) in [4.78, 5) is 23.9. The van der Waals surface area contributed by atoms with E-state index in [1.807, 2.05) is 0 Å². The van der Waals surface area contributed by atoms with Crippen LogP contribution in [-0.2, 0) is 37.4 Å². The maximum Gasteiger partial charge on any atom is 0.281 e. The van der Waals surface area contributed by atoms with Crippen LogP contribution < -0.4 is 15.6 Å². The van der Waals surface area contributed by atoms with Crippen molar-refractivity contribution in [1.29, 1.82) is 0 Å². The van der Waals surface area contributed by atoms with Gasteiger partial charge in [0, 0.05) is 38.2 Å². The van der Waals surface area contributed by atoms with Crippen LogP contribution in [0.5, 0.6) is 5.88 Å². The van der Waals surface area contributed by atoms with Crippen LogP contribution in [0, 0.1) is 6.92 Å². The van der Waals surface area contributed by atoms with Gasteiger partial charge in [0.1, 0.15) is 0 Å². The molecule has 0 atom stereocenters. The van der Waals surface area contributed by atoms with Gasteiger partial charge in [0.25, 0.3) is 5.56 Å². The van der Waals surface area contributed by atoms with E-state index in [-0.39, 0.29) is 68.4 Å². The zero-order valence-electron chi connectivity index (χ0n) is 20.4. The molecule has 0 unspecified atom stereocenters. The highest BCUT2D eigenvalue weighted by molar-refractivity contribution is 7.89. The number of hydrogen-bond donors (Lipinski definition) is 4. The number of aliphatic hydroxyl groups is 1. The number of aliphatic hydroxyl groups excluding tert-OH is 1. The molecule has 1 amide bonds. The van der Waals surface area contributed by atoms with Gasteiger partial charge < -0.3 is 25.0 Å². The Morgan fingerprint density at radius 2 is 1.83 bits per heavy atom. The molecule has 198 valence electrons. The molecule has 1 aromatic carbocycles. The quantitative estimate of drug-likeness (QED) is 0.207. The molecule has 0 radical (unpaired) electrons. The third-order valence-corrected chi connectivity index (χ3v) is 6.44. The molecule has 2 aromatic rings. The molecule has 36 heavy (non-hydrogen) atoms. The first-order chi connectivity index (χ1) is 17.1. The Balaban J connectivity index is 2.28. The van der Waals surface area contributed by atoms with Crippen LogP contribution in [0.15, 0.2) is 44.2 Å². The number of aromatic nitrogens is 1. The zero-order chi connectivity index (χ0) is 26.7. The van der Waals surface area contributed by atoms with Crippen molar-refractivity contribution < 1.29 is 32.9 Å². The topological polar surface area (TPSA) is 181 Å². The number of methoxy groups -OCH3 is 1. The van der Waals surface area contributed by atoms with E-state index in [0.29, 0.717) is 16.8 Å². The number of amides is 1. The minimum Gasteiger partial charge on any atom is -0.494 e. The van der Waals surface area contributed by atoms with E-state index >= 15 is 0 Å². The highest BCUT2D eigenvalue weighted by Gasteiger charge is 2.19. The molecule has 1 aromatic heterocycles. The first-order valence-corrected chi connectivity index (χ1v) is 12.5. The molecule has 0 spiro atoms. The zero-order valence-corrected chi connectivity index (χ0v) is 21.2. The van der Waals surface area contributed by atoms with E-state index in [0.717, 1.165) is 4.57 Å². The number of hydrogen-bond acceptors (Lipinski definition) is 10. The predicted octanol–water partition coefficient (Wildman–Crippen LogP) is 0.847. The lowest BCUT2D eigenvalue weighted by atomic mass is 10.1. The summed E-state index contributed by atoms with van der Waals surface area (Å²) in [6, 6.07) is 5.53. The van der Waals surface area contributed by atoms with Gasteiger partial charge in [0.2, 0.25) is 15.9 Å². The van der Waals surface area contributed by atoms with Gasteiger partial charge in [-0.15, -0.1) is 5.11 Å². The number of azo groups is 1. The van der Waals surface area contributed by atoms with Crippen LogP contribution in [-0.4, -0.2) is 69.1 Å². The molecule has 0 aliphatic carbocycles. The first-order valence-electron chi connectivity index (χ1n) is 11.0. The molecule has 1 heterocycles. The Morgan fingerprint density at radius 3 is 2.44 bits per heavy atom. The summed E-state index contributed by atoms with van der Waals surface area (Å²) in [5.74, 6) is -0.512. The molecular formula is C22H31N5O8S. The summed E-state index contributed by atoms with van der Waals surface area (Å²) in [5, 5.41) is 30.0. The van der Waals surface area contributed by atoms with Crippen LogP contribution in [0.3, 0.4) is 0 Å². The lowest BCUT2D eigenvalue weighted by Crippen LogP contribution is -2.33. The maximum atomic E-state index is 13.1. The molecule has 0 aliphatic heterocycles. The normalized spacial score (nSPS) is 11.8. The number of pyridine rings is 1. The minimum absolute atomic E-state index is 0.00457. The summed E-state index contributed by atoms with van der Waals surface area (Å²) in [5.41, 5.74) is 0.395. The largest absolute Gasteiger partial charge is 0.494 e. The van der Waals surface area contributed by atoms with Gasteiger partial charge in [-0.05, 0) is 31.2 Å². The van der Waals surface area contributed by atoms with Crippen LogP contribution in [0.1, 0.15) is 18.1 Å². The lowest BCUT2D eigenvalue weighted by molar-refractivity contribution is -0.118. The lowest BCUT2D eigenvalue weighted by Gasteiger charge is -2.15. The fourth-order valence-electron chi connectivity index (χ4n) is 3.13. The van der Waals surface area contributed by atoms with Crippen molar-refractivity contribution in [3.05, 3.63) is 45.7 Å². The summed E-state index contributed by atoms with van der Waals surface area (Å²) in [6.45, 7) is 3.19. The minimum atomic E-state index is -3.79. The Hall–Kier alpha value is -3.17. The molecule has 0 saturated carbocycles. The Kier molecular flexibility index (Phi) is 11.1. The van der Waals surface area contributed by atoms with Gasteiger partial charge in [-0.3, -0.25) is 14.2 Å². The second kappa shape index (κ2) is 13.8. The van der Waals surface area contributed by atoms with E-state index in [4.69, 9.17) is 14.6 Å². The van der Waals surface area contributed by atoms with Crippen molar-refractivity contribution in [2.45, 2.75) is 31.9 Å². The third kappa shape index (κ3) is 7.93. The average Bonchev–Trinajstić information content (AvgIpc) is 2.84. The Morgan fingerprint density at radius 1 is 1.14 bits per heavy atom. The molecule has 14 heteroatoms. The summed E-state index contributed by atoms with van der Waals surface area (Å²) < 4.78 is 38.6. The van der Waals surface area contributed by atoms with Gasteiger partial charge in [0.15, 0.2) is 11.6 Å². The van der Waals surface area contributed by atoms with E-state index in [1.54, 1.807) is 6.92 Å². The number of carbonyl (C=O) groups excluding carboxylic acids is 1. The van der Waals surface area contributed by atoms with Crippen LogP contribution in [0.4, 0.5) is 11.4 Å². The fourth-order valence-corrected chi connectivity index (χ4v) is 4.16. The molecule has 0 fully saturated rings. The highest BCUT2D eigenvalue weighted by atomic mass is 32.2. The molecule has 0 bridgehead atoms. The van der Waals surface area contributed by atoms with E-state index in [2.05, 4.69) is 20.3 Å². The Bertz CT molecular complexity index is 1230. The van der Waals surface area contributed by atoms with Crippen molar-refractivity contribution in [2.75, 3.05) is 40.0 Å². The predicted molar refractivity (Wildman–Crippen MR) is 130 cm³/mol. The van der Waals surface area contributed by atoms with Gasteiger partial charge >= 0.3 is 0 Å². The molecule has 0 aliphatic rings. The highest BCUT2D eigenvalue weighted by Crippen LogP contribution is 2.28. The Labute approximate surface area is 208 Å². The van der Waals surface area contributed by atoms with Gasteiger partial charge in [0.05, 0.1) is 43.6 Å². The molecule has 4 N–H and O–H groups in total. The SMILES string of the molecule is COCc1c(C)c(O)n(CCOCCO)c(=O)c1N=Nc1ccc(S(=O)(=O)NCCNC(C)=O)cc1. The number of carbonyl (C=O) groups is 1. The number of rotatable bonds is 14. The number of nitrogens with zero attached hydrogens (tertiary/aromatic N) is 3. The van der Waals surface area contributed by atoms with E-state index < -0.39 is 15.6 Å². The van der Waals surface area contributed by atoms with Crippen molar-refractivity contribution in [2.24, 2.45) is 10.2 Å². The fraction of sp³-hybridized carbons (Fsp3) is 0.455. The van der Waals surface area contributed by atoms with Crippen LogP contribution >= 0.6 is 0 Å². The van der Waals surface area contributed by atoms with Crippen LogP contribution in [0.2, 0.25) is 0 Å². The number of ether oxygens (including phenoxy) is 2. The number of nitrogens with one attached hydrogen (secondary N) is 2. The number of aromatic hydroxyl groups is 1. The summed E-state index contributed by atoms with van der Waals surface area (Å²) in [7, 11) is -2.35. The van der Waals surface area contributed by atoms with Crippen molar-refractivity contribution >= 4 is 27.3 Å². The third-order valence-electron chi connectivity index (χ3n) is 4.96. The average molecular weight is 526 g/mol. The molecular weight excluding hydrogens is 494 g/mol. The summed E-state index contributed by atoms with van der Waals surface area (Å²) >= 11 is 0. The van der Waals surface area contributed by atoms with Crippen molar-refractivity contribution in [1.82, 2.24) is 14.6 Å². The first kappa shape index (κ1) is 29.1. The second-order valence-electron chi connectivity index (χ2n) is 7.58. The van der Waals surface area contributed by atoms with Crippen molar-refractivity contribution in [3.63, 3.8) is 0 Å². The molecule has 2 rings (SSSR count). The monoisotopic (exact) mass is 525 g/mol. The maximum absolute atomic E-state index is 13.1. The summed E-state index contributed by atoms with van der Waals surface area (Å²) in [6.07, 6.45) is 0. The second-order valence-corrected chi connectivity index (χ2v) is 9.34. The van der Waals surface area contributed by atoms with Gasteiger partial charge in [-0.25, -0.2) is 13.1 Å². The van der Waals surface area contributed by atoms with E-state index in [1.165, 1.54) is 38.3 Å². The van der Waals surface area contributed by atoms with Gasteiger partial charge in [-0.2, -0.15) is 5.11 Å². The van der Waals surface area contributed by atoms with Gasteiger partial charge in [-0.1, -0.05) is 0 Å². The standard InChI is InChI=1S/C22H31N5O8S/c1-15-19(14-34-3)20(22(31)27(21(15)30)10-12-35-13-11-28)26-25-17-4-6-18(7-5-17)36(32,33)24-9-8-23-16(2)29/h4-7,24,28,30H,8-14H2,1-3H3,(H,23,29). The van der Waals surface area contributed by atoms with Crippen LogP contribution in [0.25, 0.3) is 0 Å². The van der Waals surface area contributed by atoms with Crippen molar-refractivity contribution in [3.8, 4) is 5.88 Å². The number of benzene rings is 1. The number of sulfonamides is 1. The molecule has 0 saturated heterocycles. The van der Waals surface area contributed by atoms with E-state index in [9.17, 15) is 23.1 Å².